The number of methoxy groups -OCH3 is 2. The van der Waals surface area contributed by atoms with Gasteiger partial charge in [-0.3, -0.25) is 4.90 Å². The number of ether oxygens (including phenoxy) is 2. The summed E-state index contributed by atoms with van der Waals surface area (Å²) < 4.78 is 10.7. The van der Waals surface area contributed by atoms with Crippen LogP contribution >= 0.6 is 0 Å². The van der Waals surface area contributed by atoms with E-state index in [1.807, 2.05) is 24.3 Å². The highest BCUT2D eigenvalue weighted by Crippen LogP contribution is 2.31. The van der Waals surface area contributed by atoms with Gasteiger partial charge in [-0.2, -0.15) is 0 Å². The van der Waals surface area contributed by atoms with Crippen molar-refractivity contribution >= 4 is 0 Å². The highest BCUT2D eigenvalue weighted by molar-refractivity contribution is 5.29. The van der Waals surface area contributed by atoms with Crippen molar-refractivity contribution < 1.29 is 19.7 Å². The summed E-state index contributed by atoms with van der Waals surface area (Å²) >= 11 is 0. The van der Waals surface area contributed by atoms with Gasteiger partial charge in [-0.1, -0.05) is 24.3 Å². The minimum Gasteiger partial charge on any atom is -0.497 e. The van der Waals surface area contributed by atoms with Crippen molar-refractivity contribution in [1.82, 2.24) is 4.90 Å². The van der Waals surface area contributed by atoms with E-state index in [0.29, 0.717) is 18.6 Å². The van der Waals surface area contributed by atoms with E-state index in [4.69, 9.17) is 9.47 Å². The molecule has 2 aromatic rings. The van der Waals surface area contributed by atoms with E-state index in [-0.39, 0.29) is 6.61 Å². The molecular formula is C25H35NO4. The third kappa shape index (κ3) is 6.21. The Morgan fingerprint density at radius 2 is 1.40 bits per heavy atom. The molecule has 30 heavy (non-hydrogen) atoms. The molecule has 1 heterocycles. The average Bonchev–Trinajstić information content (AvgIpc) is 3.17. The van der Waals surface area contributed by atoms with Crippen LogP contribution in [0.2, 0.25) is 0 Å². The van der Waals surface area contributed by atoms with Gasteiger partial charge in [-0.25, -0.2) is 0 Å². The molecule has 1 aliphatic rings. The second kappa shape index (κ2) is 11.3. The Hall–Kier alpha value is -2.08. The van der Waals surface area contributed by atoms with Crippen molar-refractivity contribution in [1.29, 1.82) is 0 Å². The fourth-order valence-corrected chi connectivity index (χ4v) is 4.56. The number of β-amino-alcohol motifs (C(OH)–C–C–N with tert-alkyl or cyclic N) is 1. The van der Waals surface area contributed by atoms with Crippen molar-refractivity contribution in [3.63, 3.8) is 0 Å². The third-order valence-electron chi connectivity index (χ3n) is 6.20. The quantitative estimate of drug-likeness (QED) is 0.591. The van der Waals surface area contributed by atoms with Gasteiger partial charge in [0.1, 0.15) is 11.5 Å². The molecule has 0 bridgehead atoms. The van der Waals surface area contributed by atoms with Gasteiger partial charge in [-0.15, -0.1) is 0 Å². The molecule has 0 saturated carbocycles. The first-order chi connectivity index (χ1) is 14.6. The molecule has 1 saturated heterocycles. The molecule has 164 valence electrons. The zero-order chi connectivity index (χ0) is 21.3. The highest BCUT2D eigenvalue weighted by atomic mass is 16.5. The van der Waals surface area contributed by atoms with Crippen LogP contribution in [-0.2, 0) is 12.8 Å². The van der Waals surface area contributed by atoms with Crippen LogP contribution in [0.15, 0.2) is 48.5 Å². The second-order valence-electron chi connectivity index (χ2n) is 8.20. The lowest BCUT2D eigenvalue weighted by Crippen LogP contribution is -2.42. The van der Waals surface area contributed by atoms with Gasteiger partial charge in [0, 0.05) is 18.6 Å². The molecule has 3 atom stereocenters. The SMILES string of the molecule is COc1cccc(CCC2CCC(CCc3cccc(OC)c3)N2C[C@@H](O)CO)c1. The minimum absolute atomic E-state index is 0.193. The van der Waals surface area contributed by atoms with Crippen molar-refractivity contribution in [2.24, 2.45) is 0 Å². The fraction of sp³-hybridized carbons (Fsp3) is 0.520. The molecule has 2 aromatic carbocycles. The van der Waals surface area contributed by atoms with Gasteiger partial charge < -0.3 is 19.7 Å². The Bertz CT molecular complexity index is 722. The molecule has 3 rings (SSSR count). The molecule has 5 heteroatoms. The summed E-state index contributed by atoms with van der Waals surface area (Å²) in [4.78, 5) is 2.43. The van der Waals surface area contributed by atoms with Crippen LogP contribution < -0.4 is 9.47 Å². The van der Waals surface area contributed by atoms with Crippen LogP contribution in [-0.4, -0.2) is 60.7 Å². The Kier molecular flexibility index (Phi) is 8.55. The summed E-state index contributed by atoms with van der Waals surface area (Å²) in [5.74, 6) is 1.78. The van der Waals surface area contributed by atoms with Gasteiger partial charge in [-0.05, 0) is 73.9 Å². The minimum atomic E-state index is -0.693. The Labute approximate surface area is 180 Å². The van der Waals surface area contributed by atoms with Crippen LogP contribution in [0.4, 0.5) is 0 Å². The Balaban J connectivity index is 1.61. The number of hydrogen-bond acceptors (Lipinski definition) is 5. The number of aliphatic hydroxyl groups is 2. The van der Waals surface area contributed by atoms with Gasteiger partial charge >= 0.3 is 0 Å². The van der Waals surface area contributed by atoms with Crippen molar-refractivity contribution in [2.75, 3.05) is 27.4 Å². The van der Waals surface area contributed by atoms with Crippen molar-refractivity contribution in [3.8, 4) is 11.5 Å². The summed E-state index contributed by atoms with van der Waals surface area (Å²) in [7, 11) is 3.39. The van der Waals surface area contributed by atoms with E-state index >= 15 is 0 Å². The predicted molar refractivity (Wildman–Crippen MR) is 119 cm³/mol. The molecule has 2 N–H and O–H groups in total. The lowest BCUT2D eigenvalue weighted by atomic mass is 10.0. The first-order valence-electron chi connectivity index (χ1n) is 10.9. The summed E-state index contributed by atoms with van der Waals surface area (Å²) in [6.45, 7) is 0.337. The molecule has 5 nitrogen and oxygen atoms in total. The average molecular weight is 414 g/mol. The second-order valence-corrected chi connectivity index (χ2v) is 8.20. The van der Waals surface area contributed by atoms with E-state index in [9.17, 15) is 10.2 Å². The first kappa shape index (κ1) is 22.6. The largest absolute Gasteiger partial charge is 0.497 e. The number of benzene rings is 2. The predicted octanol–water partition coefficient (Wildman–Crippen LogP) is 3.46. The lowest BCUT2D eigenvalue weighted by molar-refractivity contribution is 0.0393. The van der Waals surface area contributed by atoms with Crippen LogP contribution in [0.25, 0.3) is 0 Å². The van der Waals surface area contributed by atoms with E-state index < -0.39 is 6.10 Å². The Morgan fingerprint density at radius 1 is 0.900 bits per heavy atom. The van der Waals surface area contributed by atoms with E-state index in [1.54, 1.807) is 14.2 Å². The van der Waals surface area contributed by atoms with E-state index in [0.717, 1.165) is 50.0 Å². The summed E-state index contributed by atoms with van der Waals surface area (Å²) in [5, 5.41) is 19.5. The summed E-state index contributed by atoms with van der Waals surface area (Å²) in [6.07, 6.45) is 5.62. The van der Waals surface area contributed by atoms with Gasteiger partial charge in [0.2, 0.25) is 0 Å². The lowest BCUT2D eigenvalue weighted by Gasteiger charge is -2.32. The summed E-state index contributed by atoms with van der Waals surface area (Å²) in [6, 6.07) is 17.3. The van der Waals surface area contributed by atoms with Crippen molar-refractivity contribution in [3.05, 3.63) is 59.7 Å². The number of likely N-dealkylation sites (tertiary alicyclic amines) is 1. The van der Waals surface area contributed by atoms with Crippen molar-refractivity contribution in [2.45, 2.75) is 56.7 Å². The number of nitrogens with zero attached hydrogens (tertiary/aromatic N) is 1. The van der Waals surface area contributed by atoms with Crippen LogP contribution in [0, 0.1) is 0 Å². The number of rotatable bonds is 11. The fourth-order valence-electron chi connectivity index (χ4n) is 4.56. The van der Waals surface area contributed by atoms with Crippen LogP contribution in [0.3, 0.4) is 0 Å². The third-order valence-corrected chi connectivity index (χ3v) is 6.20. The van der Waals surface area contributed by atoms with Gasteiger partial charge in [0.05, 0.1) is 26.9 Å². The molecule has 0 radical (unpaired) electrons. The highest BCUT2D eigenvalue weighted by Gasteiger charge is 2.33. The number of aryl methyl sites for hydroxylation is 2. The van der Waals surface area contributed by atoms with E-state index in [1.165, 1.54) is 11.1 Å². The number of aliphatic hydroxyl groups excluding tert-OH is 2. The molecule has 0 aromatic heterocycles. The van der Waals surface area contributed by atoms with Gasteiger partial charge in [0.25, 0.3) is 0 Å². The standard InChI is InChI=1S/C25H35NO4/c1-29-24-7-3-5-19(15-24)9-11-21-13-14-22(26(21)17-23(28)18-27)12-10-20-6-4-8-25(16-20)30-2/h3-8,15-16,21-23,27-28H,9-14,17-18H2,1-2H3/t21?,22?,23-/m1/s1. The maximum atomic E-state index is 10.1. The Morgan fingerprint density at radius 3 is 1.83 bits per heavy atom. The molecule has 1 fully saturated rings. The molecule has 1 aliphatic heterocycles. The van der Waals surface area contributed by atoms with E-state index in [2.05, 4.69) is 29.2 Å². The molecule has 0 amide bonds. The zero-order valence-corrected chi connectivity index (χ0v) is 18.2. The molecule has 0 aliphatic carbocycles. The van der Waals surface area contributed by atoms with Crippen LogP contribution in [0.5, 0.6) is 11.5 Å². The molecular weight excluding hydrogens is 378 g/mol. The molecule has 2 unspecified atom stereocenters. The topological polar surface area (TPSA) is 62.2 Å². The normalized spacial score (nSPS) is 20.3. The smallest absolute Gasteiger partial charge is 0.119 e. The zero-order valence-electron chi connectivity index (χ0n) is 18.2. The van der Waals surface area contributed by atoms with Gasteiger partial charge in [0.15, 0.2) is 0 Å². The number of hydrogen-bond donors (Lipinski definition) is 2. The first-order valence-corrected chi connectivity index (χ1v) is 10.9. The molecule has 0 spiro atoms. The van der Waals surface area contributed by atoms with Crippen LogP contribution in [0.1, 0.15) is 36.8 Å². The monoisotopic (exact) mass is 413 g/mol. The summed E-state index contributed by atoms with van der Waals surface area (Å²) in [5.41, 5.74) is 2.55. The maximum absolute atomic E-state index is 10.1. The maximum Gasteiger partial charge on any atom is 0.119 e.